The maximum absolute atomic E-state index is 13.2. The number of Topliss-reactive ketones (excluding diaryl/α,β-unsaturated/α-hetero) is 1. The van der Waals surface area contributed by atoms with Gasteiger partial charge in [-0.3, -0.25) is 14.5 Å². The standard InChI is InChI=1S/C25H25N3O3S/c1-16-13-21(17(2)28(16)19-11-8-12-20(14-19)32-4)22(29)15-27-23(30)25(3,26-24(27)31)18-9-6-5-7-10-18/h5-14H,15H2,1-4H3,(H,26,31). The van der Waals surface area contributed by atoms with Crippen LogP contribution in [-0.4, -0.2) is 40.0 Å². The number of rotatable bonds is 6. The van der Waals surface area contributed by atoms with Crippen molar-refractivity contribution >= 4 is 29.5 Å². The Morgan fingerprint density at radius 3 is 2.44 bits per heavy atom. The third kappa shape index (κ3) is 3.62. The second-order valence-electron chi connectivity index (χ2n) is 8.06. The average Bonchev–Trinajstić information content (AvgIpc) is 3.21. The normalized spacial score (nSPS) is 18.2. The minimum absolute atomic E-state index is 0.272. The molecule has 32 heavy (non-hydrogen) atoms. The number of ketones is 1. The zero-order valence-electron chi connectivity index (χ0n) is 18.5. The van der Waals surface area contributed by atoms with E-state index in [0.717, 1.165) is 26.9 Å². The molecule has 1 N–H and O–H groups in total. The van der Waals surface area contributed by atoms with Gasteiger partial charge in [0.05, 0.1) is 6.54 Å². The van der Waals surface area contributed by atoms with E-state index in [2.05, 4.69) is 11.4 Å². The Morgan fingerprint density at radius 1 is 1.03 bits per heavy atom. The monoisotopic (exact) mass is 447 g/mol. The Balaban J connectivity index is 1.61. The predicted octanol–water partition coefficient (Wildman–Crippen LogP) is 4.47. The molecule has 0 radical (unpaired) electrons. The lowest BCUT2D eigenvalue weighted by Gasteiger charge is -2.22. The molecule has 0 bridgehead atoms. The summed E-state index contributed by atoms with van der Waals surface area (Å²) in [7, 11) is 0. The summed E-state index contributed by atoms with van der Waals surface area (Å²) in [5.41, 5.74) is 2.66. The number of urea groups is 1. The number of hydrogen-bond acceptors (Lipinski definition) is 4. The second kappa shape index (κ2) is 8.31. The molecule has 1 unspecified atom stereocenters. The van der Waals surface area contributed by atoms with E-state index in [1.807, 2.05) is 67.1 Å². The maximum atomic E-state index is 13.2. The number of nitrogens with zero attached hydrogens (tertiary/aromatic N) is 2. The molecule has 0 aliphatic carbocycles. The van der Waals surface area contributed by atoms with Crippen molar-refractivity contribution in [1.82, 2.24) is 14.8 Å². The van der Waals surface area contributed by atoms with E-state index in [4.69, 9.17) is 0 Å². The minimum atomic E-state index is -1.19. The van der Waals surface area contributed by atoms with Gasteiger partial charge in [-0.1, -0.05) is 36.4 Å². The van der Waals surface area contributed by atoms with Crippen molar-refractivity contribution in [3.8, 4) is 5.69 Å². The zero-order valence-corrected chi connectivity index (χ0v) is 19.3. The number of aryl methyl sites for hydroxylation is 1. The van der Waals surface area contributed by atoms with Gasteiger partial charge in [0.2, 0.25) is 0 Å². The second-order valence-corrected chi connectivity index (χ2v) is 8.94. The Bertz CT molecular complexity index is 1220. The van der Waals surface area contributed by atoms with Gasteiger partial charge in [0.1, 0.15) is 5.54 Å². The van der Waals surface area contributed by atoms with E-state index in [-0.39, 0.29) is 12.3 Å². The number of amides is 3. The average molecular weight is 448 g/mol. The van der Waals surface area contributed by atoms with E-state index >= 15 is 0 Å². The minimum Gasteiger partial charge on any atom is -0.319 e. The molecule has 2 aromatic carbocycles. The molecule has 6 nitrogen and oxygen atoms in total. The highest BCUT2D eigenvalue weighted by molar-refractivity contribution is 7.98. The summed E-state index contributed by atoms with van der Waals surface area (Å²) in [6.07, 6.45) is 2.02. The predicted molar refractivity (Wildman–Crippen MR) is 125 cm³/mol. The summed E-state index contributed by atoms with van der Waals surface area (Å²) in [5.74, 6) is -0.699. The van der Waals surface area contributed by atoms with Crippen LogP contribution in [0.4, 0.5) is 4.79 Å². The van der Waals surface area contributed by atoms with Crippen LogP contribution < -0.4 is 5.32 Å². The molecule has 164 valence electrons. The molecule has 3 amide bonds. The lowest BCUT2D eigenvalue weighted by molar-refractivity contribution is -0.130. The fraction of sp³-hybridized carbons (Fsp3) is 0.240. The Hall–Kier alpha value is -3.32. The molecule has 0 saturated carbocycles. The molecule has 1 fully saturated rings. The molecule has 1 aromatic heterocycles. The number of benzene rings is 2. The molecule has 7 heteroatoms. The fourth-order valence-corrected chi connectivity index (χ4v) is 4.68. The Kier molecular flexibility index (Phi) is 5.69. The van der Waals surface area contributed by atoms with Crippen LogP contribution in [0.1, 0.15) is 34.2 Å². The van der Waals surface area contributed by atoms with Crippen LogP contribution in [-0.2, 0) is 10.3 Å². The smallest absolute Gasteiger partial charge is 0.319 e. The van der Waals surface area contributed by atoms with Crippen LogP contribution in [0.2, 0.25) is 0 Å². The Morgan fingerprint density at radius 2 is 1.75 bits per heavy atom. The number of imide groups is 1. The Labute approximate surface area is 191 Å². The van der Waals surface area contributed by atoms with Crippen molar-refractivity contribution in [3.63, 3.8) is 0 Å². The summed E-state index contributed by atoms with van der Waals surface area (Å²) in [6.45, 7) is 5.18. The number of aromatic nitrogens is 1. The maximum Gasteiger partial charge on any atom is 0.325 e. The van der Waals surface area contributed by atoms with Gasteiger partial charge in [-0.25, -0.2) is 4.79 Å². The third-order valence-corrected chi connectivity index (χ3v) is 6.70. The number of carbonyl (C=O) groups excluding carboxylic acids is 3. The van der Waals surface area contributed by atoms with Crippen LogP contribution in [0.5, 0.6) is 0 Å². The van der Waals surface area contributed by atoms with Crippen molar-refractivity contribution in [1.29, 1.82) is 0 Å². The van der Waals surface area contributed by atoms with Gasteiger partial charge in [-0.2, -0.15) is 0 Å². The number of carbonyl (C=O) groups is 3. The molecule has 1 aliphatic heterocycles. The summed E-state index contributed by atoms with van der Waals surface area (Å²) in [5, 5.41) is 2.75. The van der Waals surface area contributed by atoms with Crippen LogP contribution >= 0.6 is 11.8 Å². The van der Waals surface area contributed by atoms with Crippen molar-refractivity contribution in [3.05, 3.63) is 83.2 Å². The van der Waals surface area contributed by atoms with Gasteiger partial charge in [0.25, 0.3) is 5.91 Å². The molecular formula is C25H25N3O3S. The quantitative estimate of drug-likeness (QED) is 0.344. The molecular weight excluding hydrogens is 422 g/mol. The largest absolute Gasteiger partial charge is 0.325 e. The SMILES string of the molecule is CSc1cccc(-n2c(C)cc(C(=O)CN3C(=O)NC(C)(c4ccccc4)C3=O)c2C)c1. The van der Waals surface area contributed by atoms with Crippen LogP contribution in [0.25, 0.3) is 5.69 Å². The lowest BCUT2D eigenvalue weighted by atomic mass is 9.92. The van der Waals surface area contributed by atoms with Crippen LogP contribution in [0.15, 0.2) is 65.6 Å². The summed E-state index contributed by atoms with van der Waals surface area (Å²) in [4.78, 5) is 41.1. The highest BCUT2D eigenvalue weighted by Gasteiger charge is 2.49. The first kappa shape index (κ1) is 21.9. The van der Waals surface area contributed by atoms with Gasteiger partial charge in [0, 0.05) is 27.5 Å². The molecule has 0 spiro atoms. The molecule has 1 aliphatic rings. The third-order valence-electron chi connectivity index (χ3n) is 5.97. The zero-order chi connectivity index (χ0) is 23.0. The van der Waals surface area contributed by atoms with Crippen molar-refractivity contribution in [2.75, 3.05) is 12.8 Å². The molecule has 3 aromatic rings. The topological polar surface area (TPSA) is 71.4 Å². The molecule has 2 heterocycles. The van der Waals surface area contributed by atoms with E-state index in [0.29, 0.717) is 11.1 Å². The lowest BCUT2D eigenvalue weighted by Crippen LogP contribution is -2.41. The molecule has 4 rings (SSSR count). The van der Waals surface area contributed by atoms with Crippen LogP contribution in [0.3, 0.4) is 0 Å². The summed E-state index contributed by atoms with van der Waals surface area (Å²) < 4.78 is 2.02. The van der Waals surface area contributed by atoms with Crippen molar-refractivity contribution in [2.24, 2.45) is 0 Å². The van der Waals surface area contributed by atoms with Gasteiger partial charge in [0.15, 0.2) is 5.78 Å². The van der Waals surface area contributed by atoms with Gasteiger partial charge in [-0.15, -0.1) is 11.8 Å². The van der Waals surface area contributed by atoms with Crippen LogP contribution in [0, 0.1) is 13.8 Å². The van der Waals surface area contributed by atoms with Gasteiger partial charge >= 0.3 is 6.03 Å². The van der Waals surface area contributed by atoms with E-state index in [1.165, 1.54) is 0 Å². The first-order chi connectivity index (χ1) is 15.3. The van der Waals surface area contributed by atoms with Crippen molar-refractivity contribution < 1.29 is 14.4 Å². The van der Waals surface area contributed by atoms with Gasteiger partial charge in [-0.05, 0) is 56.9 Å². The number of thioether (sulfide) groups is 1. The number of nitrogens with one attached hydrogen (secondary N) is 1. The molecule has 1 saturated heterocycles. The van der Waals surface area contributed by atoms with E-state index in [9.17, 15) is 14.4 Å². The fourth-order valence-electron chi connectivity index (χ4n) is 4.23. The first-order valence-electron chi connectivity index (χ1n) is 10.3. The van der Waals surface area contributed by atoms with E-state index in [1.54, 1.807) is 30.8 Å². The highest BCUT2D eigenvalue weighted by Crippen LogP contribution is 2.29. The molecule has 1 atom stereocenters. The summed E-state index contributed by atoms with van der Waals surface area (Å²) in [6, 6.07) is 18.4. The first-order valence-corrected chi connectivity index (χ1v) is 11.5. The van der Waals surface area contributed by atoms with Crippen molar-refractivity contribution in [2.45, 2.75) is 31.2 Å². The van der Waals surface area contributed by atoms with Gasteiger partial charge < -0.3 is 9.88 Å². The van der Waals surface area contributed by atoms with E-state index < -0.39 is 17.5 Å². The summed E-state index contributed by atoms with van der Waals surface area (Å²) >= 11 is 1.65. The highest BCUT2D eigenvalue weighted by atomic mass is 32.2. The number of hydrogen-bond donors (Lipinski definition) is 1.